The fourth-order valence-electron chi connectivity index (χ4n) is 2.71. The molecule has 0 aliphatic rings. The first kappa shape index (κ1) is 19.1. The van der Waals surface area contributed by atoms with Crippen LogP contribution in [0.3, 0.4) is 0 Å². The molecule has 2 heterocycles. The summed E-state index contributed by atoms with van der Waals surface area (Å²) in [5.41, 5.74) is 5.88. The van der Waals surface area contributed by atoms with Gasteiger partial charge in [0.2, 0.25) is 5.82 Å². The number of aromatic nitrogens is 2. The van der Waals surface area contributed by atoms with E-state index in [-0.39, 0.29) is 0 Å². The molecule has 0 atom stereocenters. The molecule has 0 saturated heterocycles. The molecule has 7 heteroatoms. The Balaban J connectivity index is 1.94. The summed E-state index contributed by atoms with van der Waals surface area (Å²) in [7, 11) is 3.28. The van der Waals surface area contributed by atoms with Gasteiger partial charge in [-0.3, -0.25) is 0 Å². The molecule has 0 fully saturated rings. The van der Waals surface area contributed by atoms with Crippen molar-refractivity contribution in [3.8, 4) is 22.2 Å². The van der Waals surface area contributed by atoms with E-state index >= 15 is 0 Å². The monoisotopic (exact) mass is 386 g/mol. The first-order chi connectivity index (χ1) is 13.2. The molecule has 0 bridgehead atoms. The fourth-order valence-corrected chi connectivity index (χ4v) is 3.36. The van der Waals surface area contributed by atoms with Gasteiger partial charge >= 0.3 is 0 Å². The van der Waals surface area contributed by atoms with Gasteiger partial charge in [-0.15, -0.1) is 11.3 Å². The van der Waals surface area contributed by atoms with Crippen LogP contribution in [0.4, 0.5) is 0 Å². The molecular formula is C20H24N3O3S+. The van der Waals surface area contributed by atoms with Gasteiger partial charge < -0.3 is 19.7 Å². The molecule has 0 aliphatic carbocycles. The number of thiophene rings is 1. The van der Waals surface area contributed by atoms with Crippen molar-refractivity contribution in [1.82, 2.24) is 10.1 Å². The highest BCUT2D eigenvalue weighted by Crippen LogP contribution is 2.29. The quantitative estimate of drug-likeness (QED) is 0.566. The van der Waals surface area contributed by atoms with Crippen molar-refractivity contribution < 1.29 is 19.7 Å². The molecule has 0 aliphatic heterocycles. The minimum Gasteiger partial charge on any atom is -0.497 e. The molecule has 27 heavy (non-hydrogen) atoms. The minimum atomic E-state index is 0.546. The molecule has 3 aromatic rings. The van der Waals surface area contributed by atoms with Crippen LogP contribution in [0.25, 0.3) is 22.4 Å². The molecule has 0 radical (unpaired) electrons. The zero-order chi connectivity index (χ0) is 19.1. The SMILES string of the molecule is COc1cc(/C=C(\CCCC[NH3+])c2nc(-c3cccs3)no2)cc(OC)c1. The van der Waals surface area contributed by atoms with Crippen LogP contribution in [0.1, 0.15) is 30.7 Å². The molecule has 6 nitrogen and oxygen atoms in total. The lowest BCUT2D eigenvalue weighted by Gasteiger charge is -2.07. The van der Waals surface area contributed by atoms with Crippen LogP contribution in [0.15, 0.2) is 40.2 Å². The number of benzene rings is 1. The Morgan fingerprint density at radius 3 is 2.59 bits per heavy atom. The number of ether oxygens (including phenoxy) is 2. The Morgan fingerprint density at radius 1 is 1.19 bits per heavy atom. The largest absolute Gasteiger partial charge is 0.497 e. The molecule has 0 saturated carbocycles. The van der Waals surface area contributed by atoms with E-state index in [2.05, 4.69) is 22.0 Å². The Hall–Kier alpha value is -2.64. The van der Waals surface area contributed by atoms with E-state index in [1.807, 2.05) is 35.7 Å². The summed E-state index contributed by atoms with van der Waals surface area (Å²) in [6.07, 6.45) is 4.94. The van der Waals surface area contributed by atoms with Gasteiger partial charge in [0.25, 0.3) is 5.89 Å². The van der Waals surface area contributed by atoms with Gasteiger partial charge in [0.15, 0.2) is 0 Å². The lowest BCUT2D eigenvalue weighted by atomic mass is 10.0. The zero-order valence-electron chi connectivity index (χ0n) is 15.6. The smallest absolute Gasteiger partial charge is 0.254 e. The highest BCUT2D eigenvalue weighted by Gasteiger charge is 2.14. The molecule has 3 rings (SSSR count). The van der Waals surface area contributed by atoms with Crippen molar-refractivity contribution in [2.24, 2.45) is 0 Å². The molecule has 1 aromatic carbocycles. The highest BCUT2D eigenvalue weighted by molar-refractivity contribution is 7.13. The molecule has 3 N–H and O–H groups in total. The topological polar surface area (TPSA) is 85.0 Å². The minimum absolute atomic E-state index is 0.546. The third kappa shape index (κ3) is 4.96. The molecule has 2 aromatic heterocycles. The van der Waals surface area contributed by atoms with E-state index in [9.17, 15) is 0 Å². The predicted octanol–water partition coefficient (Wildman–Crippen LogP) is 3.77. The second-order valence-electron chi connectivity index (χ2n) is 6.03. The van der Waals surface area contributed by atoms with Gasteiger partial charge in [-0.2, -0.15) is 4.98 Å². The van der Waals surface area contributed by atoms with Crippen LogP contribution < -0.4 is 15.2 Å². The van der Waals surface area contributed by atoms with E-state index in [4.69, 9.17) is 14.0 Å². The lowest BCUT2D eigenvalue weighted by Crippen LogP contribution is -2.50. The van der Waals surface area contributed by atoms with Crippen LogP contribution in [0, 0.1) is 0 Å². The molecular weight excluding hydrogens is 362 g/mol. The van der Waals surface area contributed by atoms with Gasteiger partial charge in [0.05, 0.1) is 25.6 Å². The van der Waals surface area contributed by atoms with Gasteiger partial charge in [0.1, 0.15) is 11.5 Å². The van der Waals surface area contributed by atoms with Crippen LogP contribution in [-0.2, 0) is 0 Å². The van der Waals surface area contributed by atoms with Crippen molar-refractivity contribution in [1.29, 1.82) is 0 Å². The van der Waals surface area contributed by atoms with Gasteiger partial charge in [-0.1, -0.05) is 11.2 Å². The Labute approximate surface area is 162 Å². The number of allylic oxidation sites excluding steroid dienone is 1. The first-order valence-corrected chi connectivity index (χ1v) is 9.72. The van der Waals surface area contributed by atoms with Crippen molar-refractivity contribution in [2.75, 3.05) is 20.8 Å². The van der Waals surface area contributed by atoms with Gasteiger partial charge in [0, 0.05) is 11.6 Å². The number of hydrogen-bond acceptors (Lipinski definition) is 6. The Morgan fingerprint density at radius 2 is 1.96 bits per heavy atom. The number of rotatable bonds is 9. The maximum atomic E-state index is 5.57. The fraction of sp³-hybridized carbons (Fsp3) is 0.300. The van der Waals surface area contributed by atoms with E-state index in [0.717, 1.165) is 53.3 Å². The first-order valence-electron chi connectivity index (χ1n) is 8.84. The summed E-state index contributed by atoms with van der Waals surface area (Å²) in [5, 5.41) is 6.14. The van der Waals surface area contributed by atoms with Crippen molar-refractivity contribution in [2.45, 2.75) is 19.3 Å². The maximum absolute atomic E-state index is 5.57. The van der Waals surface area contributed by atoms with Crippen LogP contribution in [0.2, 0.25) is 0 Å². The average molecular weight is 386 g/mol. The second kappa shape index (κ2) is 9.34. The number of nitrogens with zero attached hydrogens (tertiary/aromatic N) is 2. The Bertz CT molecular complexity index is 866. The average Bonchev–Trinajstić information content (AvgIpc) is 3.38. The third-order valence-electron chi connectivity index (χ3n) is 4.10. The summed E-state index contributed by atoms with van der Waals surface area (Å²) < 4.78 is 16.3. The summed E-state index contributed by atoms with van der Waals surface area (Å²) >= 11 is 1.59. The predicted molar refractivity (Wildman–Crippen MR) is 107 cm³/mol. The van der Waals surface area contributed by atoms with E-state index in [1.54, 1.807) is 25.6 Å². The maximum Gasteiger partial charge on any atom is 0.254 e. The van der Waals surface area contributed by atoms with Crippen LogP contribution >= 0.6 is 11.3 Å². The zero-order valence-corrected chi connectivity index (χ0v) is 16.4. The third-order valence-corrected chi connectivity index (χ3v) is 4.97. The Kier molecular flexibility index (Phi) is 6.62. The van der Waals surface area contributed by atoms with Crippen LogP contribution in [0.5, 0.6) is 11.5 Å². The highest BCUT2D eigenvalue weighted by atomic mass is 32.1. The number of unbranched alkanes of at least 4 members (excludes halogenated alkanes) is 1. The molecule has 0 amide bonds. The van der Waals surface area contributed by atoms with Crippen LogP contribution in [-0.4, -0.2) is 30.9 Å². The number of hydrogen-bond donors (Lipinski definition) is 1. The molecule has 0 unspecified atom stereocenters. The van der Waals surface area contributed by atoms with Crippen molar-refractivity contribution >= 4 is 23.0 Å². The van der Waals surface area contributed by atoms with E-state index < -0.39 is 0 Å². The summed E-state index contributed by atoms with van der Waals surface area (Å²) in [6, 6.07) is 9.73. The lowest BCUT2D eigenvalue weighted by molar-refractivity contribution is -0.368. The van der Waals surface area contributed by atoms with E-state index in [0.29, 0.717) is 11.7 Å². The van der Waals surface area contributed by atoms with E-state index in [1.165, 1.54) is 0 Å². The summed E-state index contributed by atoms with van der Waals surface area (Å²) in [4.78, 5) is 5.59. The molecule has 0 spiro atoms. The van der Waals surface area contributed by atoms with Crippen molar-refractivity contribution in [3.05, 3.63) is 47.2 Å². The number of quaternary nitrogens is 1. The summed E-state index contributed by atoms with van der Waals surface area (Å²) in [5.74, 6) is 2.64. The second-order valence-corrected chi connectivity index (χ2v) is 6.97. The number of methoxy groups -OCH3 is 2. The molecule has 142 valence electrons. The standard InChI is InChI=1S/C20H23N3O3S/c1-24-16-11-14(12-17(13-16)25-2)10-15(6-3-4-8-21)20-22-19(23-26-20)18-7-5-9-27-18/h5,7,9-13H,3-4,6,8,21H2,1-2H3/p+1/b15-10+. The van der Waals surface area contributed by atoms with Gasteiger partial charge in [-0.05, 0) is 54.5 Å². The van der Waals surface area contributed by atoms with Crippen molar-refractivity contribution in [3.63, 3.8) is 0 Å². The normalized spacial score (nSPS) is 11.6. The summed E-state index contributed by atoms with van der Waals surface area (Å²) in [6.45, 7) is 0.907. The van der Waals surface area contributed by atoms with Gasteiger partial charge in [-0.25, -0.2) is 0 Å².